The Kier molecular flexibility index (Phi) is 20.6. The number of nitrogens with zero attached hydrogens (tertiary/aromatic N) is 8. The van der Waals surface area contributed by atoms with E-state index in [-0.39, 0.29) is 170 Å². The van der Waals surface area contributed by atoms with Crippen LogP contribution < -0.4 is 31.1 Å². The van der Waals surface area contributed by atoms with Gasteiger partial charge in [-0.25, -0.2) is 0 Å². The van der Waals surface area contributed by atoms with Gasteiger partial charge in [-0.2, -0.15) is 46.7 Å². The topological polar surface area (TPSA) is 322 Å². The van der Waals surface area contributed by atoms with Crippen molar-refractivity contribution in [1.29, 1.82) is 0 Å². The molecule has 0 radical (unpaired) electrons. The Hall–Kier alpha value is -4.90. The number of benzene rings is 4. The second-order valence-electron chi connectivity index (χ2n) is 13.5. The van der Waals surface area contributed by atoms with Gasteiger partial charge in [-0.05, 0) is 59.7 Å². The second-order valence-corrected chi connectivity index (χ2v) is 16.2. The summed E-state index contributed by atoms with van der Waals surface area (Å²) in [4.78, 5) is 28.3. The third kappa shape index (κ3) is 15.3. The zero-order valence-corrected chi connectivity index (χ0v) is 35.4. The van der Waals surface area contributed by atoms with Crippen molar-refractivity contribution in [2.24, 2.45) is 0 Å². The molecule has 0 saturated carbocycles. The van der Waals surface area contributed by atoms with E-state index in [9.17, 15) is 46.4 Å². The number of aliphatic hydroxyl groups excluding tert-OH is 4. The van der Waals surface area contributed by atoms with Gasteiger partial charge in [-0.3, -0.25) is 9.11 Å². The quantitative estimate of drug-likeness (QED) is 0.0264. The van der Waals surface area contributed by atoms with Gasteiger partial charge in [0, 0.05) is 48.9 Å². The van der Waals surface area contributed by atoms with Gasteiger partial charge in [-0.1, -0.05) is 60.7 Å². The Bertz CT molecular complexity index is 2590. The van der Waals surface area contributed by atoms with Crippen LogP contribution in [0.1, 0.15) is 11.1 Å². The molecule has 2 aromatic heterocycles. The molecule has 0 fully saturated rings. The first-order chi connectivity index (χ1) is 30.8. The van der Waals surface area contributed by atoms with Crippen molar-refractivity contribution in [3.63, 3.8) is 0 Å². The minimum atomic E-state index is -4.91. The van der Waals surface area contributed by atoms with E-state index in [1.807, 2.05) is 12.1 Å². The number of rotatable bonds is 22. The van der Waals surface area contributed by atoms with Crippen molar-refractivity contribution in [1.82, 2.24) is 29.9 Å². The number of aliphatic hydroxyl groups is 4. The van der Waals surface area contributed by atoms with Gasteiger partial charge < -0.3 is 51.5 Å². The molecule has 4 aromatic carbocycles. The van der Waals surface area contributed by atoms with Crippen molar-refractivity contribution in [2.75, 3.05) is 83.7 Å². The molecule has 10 N–H and O–H groups in total. The summed E-state index contributed by atoms with van der Waals surface area (Å²) in [6.07, 6.45) is 2.45. The van der Waals surface area contributed by atoms with Crippen LogP contribution >= 0.6 is 0 Å². The van der Waals surface area contributed by atoms with Gasteiger partial charge in [0.15, 0.2) is 0 Å². The molecule has 0 bridgehead atoms. The fraction of sp³-hybridized carbons (Fsp3) is 0.200. The zero-order chi connectivity index (χ0) is 45.7. The van der Waals surface area contributed by atoms with Crippen molar-refractivity contribution in [2.45, 2.75) is 9.79 Å². The van der Waals surface area contributed by atoms with E-state index in [0.29, 0.717) is 11.4 Å². The number of anilines is 10. The summed E-state index contributed by atoms with van der Waals surface area (Å²) in [5.41, 5.74) is 1.36. The molecule has 0 amide bonds. The summed E-state index contributed by atoms with van der Waals surface area (Å²) in [5.74, 6) is 0.187. The predicted octanol–water partition coefficient (Wildman–Crippen LogP) is 1.98. The Morgan fingerprint density at radius 1 is 0.439 bits per heavy atom. The predicted molar refractivity (Wildman–Crippen MR) is 254 cm³/mol. The summed E-state index contributed by atoms with van der Waals surface area (Å²) in [6.45, 7) is -0.796. The monoisotopic (exact) mass is 964 g/mol. The van der Waals surface area contributed by atoms with Crippen LogP contribution in [0, 0.1) is 0 Å². The molecular weight excluding hydrogens is 919 g/mol. The van der Waals surface area contributed by atoms with E-state index in [1.54, 1.807) is 48.5 Å². The Balaban J connectivity index is 0.00000476. The summed E-state index contributed by atoms with van der Waals surface area (Å²) in [5, 5.41) is 50.4. The van der Waals surface area contributed by atoms with Gasteiger partial charge in [-0.15, -0.1) is 0 Å². The van der Waals surface area contributed by atoms with Crippen LogP contribution in [0.5, 0.6) is 0 Å². The molecule has 6 aromatic rings. The molecule has 0 saturated heterocycles. The van der Waals surface area contributed by atoms with Gasteiger partial charge in [0.05, 0.1) is 26.4 Å². The molecule has 0 atom stereocenters. The van der Waals surface area contributed by atoms with E-state index in [1.165, 1.54) is 46.2 Å². The van der Waals surface area contributed by atoms with Crippen LogP contribution in [0.2, 0.25) is 0 Å². The standard InChI is InChI=1S/C40H44N12O10S2.2Na.2H/c53-21-17-51(18-22-54)39-47-35(41-29-7-3-1-4-8-29)45-37(49-39)43-31-15-13-27(33(25-31)63(57,58)59)11-12-28-14-16-32(26-34(28)64(60,61)62)44-38-46-36(42-30-9-5-2-6-10-30)48-40(50-38)52(19-23-55)20-24-56;;;;/h1-16,25-26,53-56H,17-24H2,(H,57,58,59)(H,60,61,62)(H2,41,43,45,47,49)(H2,42,44,46,48,50);;;;. The maximum absolute atomic E-state index is 12.7. The molecule has 0 aliphatic carbocycles. The fourth-order valence-corrected chi connectivity index (χ4v) is 7.45. The van der Waals surface area contributed by atoms with Crippen molar-refractivity contribution in [3.05, 3.63) is 108 Å². The third-order valence-electron chi connectivity index (χ3n) is 8.89. The van der Waals surface area contributed by atoms with E-state index < -0.39 is 30.0 Å². The summed E-state index contributed by atoms with van der Waals surface area (Å²) < 4.78 is 71.5. The molecule has 0 unspecified atom stereocenters. The fourth-order valence-electron chi connectivity index (χ4n) is 6.03. The van der Waals surface area contributed by atoms with Gasteiger partial charge in [0.2, 0.25) is 35.7 Å². The molecule has 2 heterocycles. The first-order valence-electron chi connectivity index (χ1n) is 19.3. The molecule has 340 valence electrons. The first kappa shape index (κ1) is 53.7. The molecule has 0 spiro atoms. The van der Waals surface area contributed by atoms with Crippen LogP contribution in [0.25, 0.3) is 12.2 Å². The van der Waals surface area contributed by atoms with Crippen molar-refractivity contribution < 1.29 is 46.4 Å². The van der Waals surface area contributed by atoms with E-state index >= 15 is 0 Å². The summed E-state index contributed by atoms with van der Waals surface area (Å²) in [6, 6.07) is 25.7. The number of para-hydroxylation sites is 2. The SMILES string of the molecule is O=S(=O)(O)c1cc(Nc2nc(Nc3ccccc3)nc(N(CCO)CCO)n2)ccc1C=Cc1ccc(Nc2nc(Nc3ccccc3)nc(N(CCO)CCO)n2)cc1S(=O)(=O)O.[NaH].[NaH]. The third-order valence-corrected chi connectivity index (χ3v) is 10.7. The molecule has 66 heavy (non-hydrogen) atoms. The number of hydrogen-bond acceptors (Lipinski definition) is 20. The summed E-state index contributed by atoms with van der Waals surface area (Å²) in [7, 11) is -9.82. The zero-order valence-electron chi connectivity index (χ0n) is 33.8. The molecule has 6 rings (SSSR count). The van der Waals surface area contributed by atoms with Crippen LogP contribution in [0.4, 0.5) is 58.4 Å². The first-order valence-corrected chi connectivity index (χ1v) is 22.2. The van der Waals surface area contributed by atoms with Gasteiger partial charge in [0.25, 0.3) is 20.2 Å². The van der Waals surface area contributed by atoms with E-state index in [4.69, 9.17) is 0 Å². The van der Waals surface area contributed by atoms with Crippen LogP contribution in [0.3, 0.4) is 0 Å². The Morgan fingerprint density at radius 3 is 1.03 bits per heavy atom. The molecular formula is C40H46N12Na2O10S2. The van der Waals surface area contributed by atoms with Crippen LogP contribution in [0.15, 0.2) is 107 Å². The van der Waals surface area contributed by atoms with Gasteiger partial charge in [0.1, 0.15) is 9.79 Å². The number of nitrogens with one attached hydrogen (secondary N) is 4. The second kappa shape index (κ2) is 25.3. The number of aromatic nitrogens is 6. The average Bonchev–Trinajstić information content (AvgIpc) is 3.26. The average molecular weight is 965 g/mol. The number of hydrogen-bond donors (Lipinski definition) is 10. The molecule has 22 nitrogen and oxygen atoms in total. The molecule has 0 aliphatic heterocycles. The van der Waals surface area contributed by atoms with Crippen LogP contribution in [-0.4, -0.2) is 188 Å². The Morgan fingerprint density at radius 2 is 0.742 bits per heavy atom. The van der Waals surface area contributed by atoms with Crippen molar-refractivity contribution in [3.8, 4) is 0 Å². The summed E-state index contributed by atoms with van der Waals surface area (Å²) >= 11 is 0. The van der Waals surface area contributed by atoms with E-state index in [2.05, 4.69) is 51.2 Å². The maximum atomic E-state index is 12.7. The van der Waals surface area contributed by atoms with Crippen molar-refractivity contribution >= 4 is 150 Å². The Labute approximate surface area is 424 Å². The molecule has 26 heteroatoms. The minimum absolute atomic E-state index is 0. The van der Waals surface area contributed by atoms with Gasteiger partial charge >= 0.3 is 59.1 Å². The van der Waals surface area contributed by atoms with Crippen LogP contribution in [-0.2, 0) is 20.2 Å². The molecule has 0 aliphatic rings. The normalized spacial score (nSPS) is 11.3. The van der Waals surface area contributed by atoms with E-state index in [0.717, 1.165) is 12.1 Å².